The van der Waals surface area contributed by atoms with E-state index in [4.69, 9.17) is 9.84 Å². The second-order valence-corrected chi connectivity index (χ2v) is 3.66. The molecule has 0 saturated heterocycles. The largest absolute Gasteiger partial charge is 0.466 e. The summed E-state index contributed by atoms with van der Waals surface area (Å²) in [6.45, 7) is 2.49. The van der Waals surface area contributed by atoms with Crippen molar-refractivity contribution < 1.29 is 14.6 Å². The minimum absolute atomic E-state index is 0.0332. The van der Waals surface area contributed by atoms with Crippen LogP contribution in [-0.4, -0.2) is 24.3 Å². The van der Waals surface area contributed by atoms with Gasteiger partial charge < -0.3 is 9.84 Å². The Hall–Kier alpha value is -0.570. The lowest BCUT2D eigenvalue weighted by molar-refractivity contribution is -0.149. The van der Waals surface area contributed by atoms with Crippen molar-refractivity contribution in [3.8, 4) is 0 Å². The molecule has 3 heteroatoms. The molecule has 0 radical (unpaired) electrons. The first kappa shape index (κ1) is 10.5. The number of carbonyl (C=O) groups excluding carboxylic acids is 1. The lowest BCUT2D eigenvalue weighted by atomic mass is 9.82. The average Bonchev–Trinajstić information content (AvgIpc) is 2.18. The minimum atomic E-state index is -0.0827. The van der Waals surface area contributed by atoms with Gasteiger partial charge in [-0.1, -0.05) is 6.42 Å². The summed E-state index contributed by atoms with van der Waals surface area (Å²) in [6.07, 6.45) is 3.81. The molecule has 0 heterocycles. The van der Waals surface area contributed by atoms with Crippen LogP contribution >= 0.6 is 0 Å². The van der Waals surface area contributed by atoms with E-state index in [0.29, 0.717) is 12.5 Å². The molecule has 1 fully saturated rings. The Labute approximate surface area is 79.1 Å². The van der Waals surface area contributed by atoms with Crippen LogP contribution in [0.2, 0.25) is 0 Å². The number of ether oxygens (including phenoxy) is 1. The van der Waals surface area contributed by atoms with Gasteiger partial charge >= 0.3 is 5.97 Å². The van der Waals surface area contributed by atoms with Crippen molar-refractivity contribution in [3.05, 3.63) is 0 Å². The summed E-state index contributed by atoms with van der Waals surface area (Å²) < 4.78 is 4.95. The number of rotatable bonds is 3. The third-order valence-electron chi connectivity index (χ3n) is 2.66. The summed E-state index contributed by atoms with van der Waals surface area (Å²) in [5, 5.41) is 8.97. The van der Waals surface area contributed by atoms with E-state index in [1.54, 1.807) is 0 Å². The molecule has 0 aliphatic heterocycles. The van der Waals surface area contributed by atoms with Crippen LogP contribution in [0.4, 0.5) is 0 Å². The molecule has 76 valence electrons. The molecule has 0 aromatic heterocycles. The fraction of sp³-hybridized carbons (Fsp3) is 0.900. The highest BCUT2D eigenvalue weighted by Crippen LogP contribution is 2.29. The first-order valence-electron chi connectivity index (χ1n) is 5.05. The Morgan fingerprint density at radius 3 is 2.92 bits per heavy atom. The Morgan fingerprint density at radius 2 is 2.31 bits per heavy atom. The zero-order valence-corrected chi connectivity index (χ0v) is 8.16. The molecule has 1 aliphatic carbocycles. The Bertz CT molecular complexity index is 168. The third kappa shape index (κ3) is 2.99. The number of aliphatic hydroxyl groups excluding tert-OH is 1. The smallest absolute Gasteiger partial charge is 0.308 e. The van der Waals surface area contributed by atoms with E-state index in [0.717, 1.165) is 25.7 Å². The van der Waals surface area contributed by atoms with Gasteiger partial charge in [-0.15, -0.1) is 0 Å². The second-order valence-electron chi connectivity index (χ2n) is 3.66. The second kappa shape index (κ2) is 5.22. The topological polar surface area (TPSA) is 46.5 Å². The van der Waals surface area contributed by atoms with Crippen molar-refractivity contribution in [2.75, 3.05) is 13.2 Å². The van der Waals surface area contributed by atoms with Gasteiger partial charge in [0, 0.05) is 6.61 Å². The van der Waals surface area contributed by atoms with Crippen molar-refractivity contribution >= 4 is 5.97 Å². The summed E-state index contributed by atoms with van der Waals surface area (Å²) >= 11 is 0. The van der Waals surface area contributed by atoms with Gasteiger partial charge in [0.25, 0.3) is 0 Å². The first-order chi connectivity index (χ1) is 6.27. The third-order valence-corrected chi connectivity index (χ3v) is 2.66. The number of hydrogen-bond acceptors (Lipinski definition) is 3. The quantitative estimate of drug-likeness (QED) is 0.677. The van der Waals surface area contributed by atoms with Crippen molar-refractivity contribution in [3.63, 3.8) is 0 Å². The summed E-state index contributed by atoms with van der Waals surface area (Å²) in [5.41, 5.74) is 0. The lowest BCUT2D eigenvalue weighted by Crippen LogP contribution is -2.26. The maximum absolute atomic E-state index is 11.4. The van der Waals surface area contributed by atoms with Gasteiger partial charge in [0.15, 0.2) is 0 Å². The van der Waals surface area contributed by atoms with Crippen LogP contribution in [0.25, 0.3) is 0 Å². The predicted octanol–water partition coefficient (Wildman–Crippen LogP) is 1.35. The highest BCUT2D eigenvalue weighted by atomic mass is 16.5. The molecule has 0 spiro atoms. The molecule has 3 nitrogen and oxygen atoms in total. The molecule has 1 aliphatic rings. The molecular weight excluding hydrogens is 168 g/mol. The molecule has 2 unspecified atom stereocenters. The number of esters is 1. The van der Waals surface area contributed by atoms with E-state index in [2.05, 4.69) is 0 Å². The number of carbonyl (C=O) groups is 1. The van der Waals surface area contributed by atoms with Gasteiger partial charge in [-0.2, -0.15) is 0 Å². The fourth-order valence-corrected chi connectivity index (χ4v) is 1.93. The van der Waals surface area contributed by atoms with Gasteiger partial charge in [0.05, 0.1) is 12.5 Å². The van der Waals surface area contributed by atoms with Gasteiger partial charge in [0.2, 0.25) is 0 Å². The van der Waals surface area contributed by atoms with E-state index in [1.807, 2.05) is 6.92 Å². The van der Waals surface area contributed by atoms with Crippen molar-refractivity contribution in [1.29, 1.82) is 0 Å². The van der Waals surface area contributed by atoms with E-state index >= 15 is 0 Å². The summed E-state index contributed by atoms with van der Waals surface area (Å²) in [4.78, 5) is 11.4. The van der Waals surface area contributed by atoms with E-state index in [9.17, 15) is 4.79 Å². The zero-order chi connectivity index (χ0) is 9.68. The summed E-state index contributed by atoms with van der Waals surface area (Å²) in [6, 6.07) is 0. The van der Waals surface area contributed by atoms with Crippen LogP contribution in [0, 0.1) is 11.8 Å². The molecule has 0 aromatic rings. The van der Waals surface area contributed by atoms with Crippen LogP contribution in [0.3, 0.4) is 0 Å². The van der Waals surface area contributed by atoms with E-state index in [1.165, 1.54) is 0 Å². The van der Waals surface area contributed by atoms with E-state index < -0.39 is 0 Å². The molecule has 0 bridgehead atoms. The molecule has 0 aromatic carbocycles. The first-order valence-corrected chi connectivity index (χ1v) is 5.05. The van der Waals surface area contributed by atoms with Crippen LogP contribution < -0.4 is 0 Å². The summed E-state index contributed by atoms with van der Waals surface area (Å²) in [7, 11) is 0. The van der Waals surface area contributed by atoms with Gasteiger partial charge in [0.1, 0.15) is 0 Å². The van der Waals surface area contributed by atoms with Crippen LogP contribution in [0.15, 0.2) is 0 Å². The monoisotopic (exact) mass is 186 g/mol. The average molecular weight is 186 g/mol. The van der Waals surface area contributed by atoms with Crippen molar-refractivity contribution in [2.24, 2.45) is 11.8 Å². The van der Waals surface area contributed by atoms with Crippen LogP contribution in [0.1, 0.15) is 32.6 Å². The fourth-order valence-electron chi connectivity index (χ4n) is 1.93. The normalized spacial score (nSPS) is 28.5. The number of hydrogen-bond donors (Lipinski definition) is 1. The molecule has 13 heavy (non-hydrogen) atoms. The van der Waals surface area contributed by atoms with Crippen LogP contribution in [-0.2, 0) is 9.53 Å². The Kier molecular flexibility index (Phi) is 4.22. The van der Waals surface area contributed by atoms with Gasteiger partial charge in [-0.25, -0.2) is 0 Å². The molecular formula is C10H18O3. The molecule has 1 N–H and O–H groups in total. The van der Waals surface area contributed by atoms with Crippen LogP contribution in [0.5, 0.6) is 0 Å². The van der Waals surface area contributed by atoms with Gasteiger partial charge in [-0.05, 0) is 32.1 Å². The highest BCUT2D eigenvalue weighted by Gasteiger charge is 2.27. The Morgan fingerprint density at radius 1 is 1.54 bits per heavy atom. The molecule has 0 amide bonds. The zero-order valence-electron chi connectivity index (χ0n) is 8.16. The molecule has 1 rings (SSSR count). The lowest BCUT2D eigenvalue weighted by Gasteiger charge is -2.26. The van der Waals surface area contributed by atoms with Crippen molar-refractivity contribution in [2.45, 2.75) is 32.6 Å². The predicted molar refractivity (Wildman–Crippen MR) is 49.2 cm³/mol. The summed E-state index contributed by atoms with van der Waals surface area (Å²) in [5.74, 6) is 0.259. The SMILES string of the molecule is CCOC(=O)C1CCCC(CO)C1. The number of aliphatic hydroxyl groups is 1. The Balaban J connectivity index is 2.37. The standard InChI is InChI=1S/C10H18O3/c1-2-13-10(12)9-5-3-4-8(6-9)7-11/h8-9,11H,2-7H2,1H3. The minimum Gasteiger partial charge on any atom is -0.466 e. The maximum Gasteiger partial charge on any atom is 0.308 e. The van der Waals surface area contributed by atoms with E-state index in [-0.39, 0.29) is 18.5 Å². The molecule has 1 saturated carbocycles. The highest BCUT2D eigenvalue weighted by molar-refractivity contribution is 5.72. The molecule has 2 atom stereocenters. The van der Waals surface area contributed by atoms with Gasteiger partial charge in [-0.3, -0.25) is 4.79 Å². The van der Waals surface area contributed by atoms with Crippen molar-refractivity contribution in [1.82, 2.24) is 0 Å². The maximum atomic E-state index is 11.4.